The van der Waals surface area contributed by atoms with E-state index < -0.39 is 12.0 Å². The number of carbonyl (C=O) groups excluding carboxylic acids is 2. The molecule has 168 valence electrons. The van der Waals surface area contributed by atoms with Crippen molar-refractivity contribution in [2.24, 2.45) is 0 Å². The van der Waals surface area contributed by atoms with Crippen LogP contribution in [-0.4, -0.2) is 66.7 Å². The number of rotatable bonds is 6. The van der Waals surface area contributed by atoms with E-state index in [1.165, 1.54) is 12.7 Å². The van der Waals surface area contributed by atoms with E-state index in [9.17, 15) is 9.59 Å². The van der Waals surface area contributed by atoms with Gasteiger partial charge in [0.1, 0.15) is 0 Å². The highest BCUT2D eigenvalue weighted by atomic mass is 16.5. The van der Waals surface area contributed by atoms with E-state index in [0.717, 1.165) is 38.2 Å². The van der Waals surface area contributed by atoms with Crippen molar-refractivity contribution in [1.29, 1.82) is 0 Å². The van der Waals surface area contributed by atoms with Gasteiger partial charge in [0.05, 0.1) is 18.7 Å². The Morgan fingerprint density at radius 2 is 1.81 bits per heavy atom. The summed E-state index contributed by atoms with van der Waals surface area (Å²) in [5.41, 5.74) is 3.05. The molecule has 2 amide bonds. The molecule has 2 aromatic rings. The van der Waals surface area contributed by atoms with Crippen molar-refractivity contribution in [3.8, 4) is 0 Å². The van der Waals surface area contributed by atoms with Gasteiger partial charge in [-0.05, 0) is 23.6 Å². The topological polar surface area (TPSA) is 99.7 Å². The van der Waals surface area contributed by atoms with Crippen LogP contribution in [0.1, 0.15) is 24.1 Å². The zero-order chi connectivity index (χ0) is 22.5. The van der Waals surface area contributed by atoms with Crippen molar-refractivity contribution in [2.75, 3.05) is 44.7 Å². The number of carbonyl (C=O) groups is 2. The first-order valence-electron chi connectivity index (χ1n) is 10.8. The summed E-state index contributed by atoms with van der Waals surface area (Å²) < 4.78 is 5.08. The molecule has 1 fully saturated rings. The lowest BCUT2D eigenvalue weighted by molar-refractivity contribution is -0.136. The second kappa shape index (κ2) is 9.78. The van der Waals surface area contributed by atoms with Crippen LogP contribution in [0.3, 0.4) is 0 Å². The predicted octanol–water partition coefficient (Wildman–Crippen LogP) is 1.64. The smallest absolute Gasteiger partial charge is 0.338 e. The number of aryl methyl sites for hydroxylation is 1. The van der Waals surface area contributed by atoms with Gasteiger partial charge in [-0.3, -0.25) is 4.90 Å². The van der Waals surface area contributed by atoms with Gasteiger partial charge < -0.3 is 20.3 Å². The van der Waals surface area contributed by atoms with Gasteiger partial charge in [-0.25, -0.2) is 19.6 Å². The van der Waals surface area contributed by atoms with Crippen molar-refractivity contribution < 1.29 is 14.3 Å². The lowest BCUT2D eigenvalue weighted by Crippen LogP contribution is -2.52. The third-order valence-corrected chi connectivity index (χ3v) is 5.87. The highest BCUT2D eigenvalue weighted by Gasteiger charge is 2.34. The minimum absolute atomic E-state index is 0.325. The number of ether oxygens (including phenoxy) is 1. The van der Waals surface area contributed by atoms with Gasteiger partial charge in [-0.2, -0.15) is 0 Å². The quantitative estimate of drug-likeness (QED) is 0.664. The number of esters is 1. The number of hydrogen-bond acceptors (Lipinski definition) is 7. The Hall–Kier alpha value is -3.46. The van der Waals surface area contributed by atoms with Crippen LogP contribution in [0.2, 0.25) is 0 Å². The Bertz CT molecular complexity index is 985. The molecule has 0 saturated carbocycles. The molecular weight excluding hydrogens is 408 g/mol. The van der Waals surface area contributed by atoms with E-state index in [1.807, 2.05) is 24.3 Å². The number of anilines is 1. The average Bonchev–Trinajstić information content (AvgIpc) is 2.84. The number of piperazine rings is 1. The second-order valence-electron chi connectivity index (χ2n) is 7.82. The number of nitrogens with one attached hydrogen (secondary N) is 2. The Morgan fingerprint density at radius 3 is 2.44 bits per heavy atom. The van der Waals surface area contributed by atoms with Crippen LogP contribution in [0, 0.1) is 0 Å². The molecule has 4 rings (SSSR count). The summed E-state index contributed by atoms with van der Waals surface area (Å²) in [4.78, 5) is 38.2. The van der Waals surface area contributed by atoms with Gasteiger partial charge in [0.2, 0.25) is 5.95 Å². The molecular formula is C23H28N6O3. The summed E-state index contributed by atoms with van der Waals surface area (Å²) in [7, 11) is 1.36. The van der Waals surface area contributed by atoms with E-state index in [1.54, 1.807) is 18.5 Å². The van der Waals surface area contributed by atoms with E-state index in [-0.39, 0.29) is 6.03 Å². The lowest BCUT2D eigenvalue weighted by Gasteiger charge is -2.37. The lowest BCUT2D eigenvalue weighted by atomic mass is 9.94. The van der Waals surface area contributed by atoms with Crippen LogP contribution >= 0.6 is 0 Å². The summed E-state index contributed by atoms with van der Waals surface area (Å²) in [6.45, 7) is 5.58. The van der Waals surface area contributed by atoms with Crippen LogP contribution in [0.25, 0.3) is 0 Å². The number of hydrogen-bond donors (Lipinski definition) is 2. The van der Waals surface area contributed by atoms with Gasteiger partial charge in [-0.15, -0.1) is 0 Å². The van der Waals surface area contributed by atoms with Crippen molar-refractivity contribution >= 4 is 17.9 Å². The molecule has 1 saturated heterocycles. The molecule has 1 unspecified atom stereocenters. The summed E-state index contributed by atoms with van der Waals surface area (Å²) in [6, 6.07) is 8.85. The first kappa shape index (κ1) is 21.8. The second-order valence-corrected chi connectivity index (χ2v) is 7.82. The molecule has 1 aromatic carbocycles. The number of amides is 2. The fraction of sp³-hybridized carbons (Fsp3) is 0.391. The van der Waals surface area contributed by atoms with E-state index in [0.29, 0.717) is 23.8 Å². The molecule has 2 aliphatic rings. The third-order valence-electron chi connectivity index (χ3n) is 5.87. The number of nitrogens with zero attached hydrogens (tertiary/aromatic N) is 4. The van der Waals surface area contributed by atoms with Crippen LogP contribution in [0.15, 0.2) is 54.0 Å². The number of methoxy groups -OCH3 is 1. The zero-order valence-electron chi connectivity index (χ0n) is 18.4. The van der Waals surface area contributed by atoms with E-state index in [4.69, 9.17) is 4.74 Å². The van der Waals surface area contributed by atoms with Gasteiger partial charge in [-0.1, -0.05) is 31.2 Å². The maximum Gasteiger partial charge on any atom is 0.338 e. The first-order valence-corrected chi connectivity index (χ1v) is 10.8. The molecule has 32 heavy (non-hydrogen) atoms. The summed E-state index contributed by atoms with van der Waals surface area (Å²) >= 11 is 0. The van der Waals surface area contributed by atoms with E-state index >= 15 is 0 Å². The number of aromatic nitrogens is 2. The van der Waals surface area contributed by atoms with Crippen LogP contribution in [0.4, 0.5) is 10.7 Å². The SMILES string of the molecule is CCc1ccc(C2NC(=O)NC(CN3CCN(c4ncccn4)CC3)=C2C(=O)OC)cc1. The Labute approximate surface area is 187 Å². The van der Waals surface area contributed by atoms with Crippen LogP contribution < -0.4 is 15.5 Å². The fourth-order valence-corrected chi connectivity index (χ4v) is 4.07. The highest BCUT2D eigenvalue weighted by Crippen LogP contribution is 2.28. The Balaban J connectivity index is 1.54. The van der Waals surface area contributed by atoms with Gasteiger partial charge >= 0.3 is 12.0 Å². The molecule has 0 bridgehead atoms. The van der Waals surface area contributed by atoms with Crippen molar-refractivity contribution in [3.05, 3.63) is 65.1 Å². The molecule has 1 atom stereocenters. The Morgan fingerprint density at radius 1 is 1.12 bits per heavy atom. The minimum Gasteiger partial charge on any atom is -0.466 e. The molecule has 9 heteroatoms. The Kier molecular flexibility index (Phi) is 6.65. The molecule has 2 N–H and O–H groups in total. The molecule has 0 spiro atoms. The summed E-state index contributed by atoms with van der Waals surface area (Å²) in [5.74, 6) is 0.265. The first-order chi connectivity index (χ1) is 15.6. The van der Waals surface area contributed by atoms with Crippen molar-refractivity contribution in [3.63, 3.8) is 0 Å². The predicted molar refractivity (Wildman–Crippen MR) is 120 cm³/mol. The standard InChI is InChI=1S/C23H28N6O3/c1-3-16-5-7-17(8-6-16)20-19(21(30)32-2)18(26-23(31)27-20)15-28-11-13-29(14-12-28)22-24-9-4-10-25-22/h4-10,20H,3,11-15H2,1-2H3,(H2,26,27,31). The van der Waals surface area contributed by atoms with Crippen molar-refractivity contribution in [1.82, 2.24) is 25.5 Å². The highest BCUT2D eigenvalue weighted by molar-refractivity contribution is 5.95. The van der Waals surface area contributed by atoms with E-state index in [2.05, 4.69) is 37.3 Å². The third kappa shape index (κ3) is 4.72. The molecule has 1 aromatic heterocycles. The fourth-order valence-electron chi connectivity index (χ4n) is 4.07. The van der Waals surface area contributed by atoms with Crippen LogP contribution in [0.5, 0.6) is 0 Å². The maximum absolute atomic E-state index is 12.8. The van der Waals surface area contributed by atoms with Gasteiger partial charge in [0.25, 0.3) is 0 Å². The van der Waals surface area contributed by atoms with Crippen LogP contribution in [-0.2, 0) is 16.0 Å². The number of urea groups is 1. The molecule has 9 nitrogen and oxygen atoms in total. The normalized spacial score (nSPS) is 19.4. The molecule has 0 aliphatic carbocycles. The molecule has 3 heterocycles. The summed E-state index contributed by atoms with van der Waals surface area (Å²) in [6.07, 6.45) is 4.39. The number of benzene rings is 1. The maximum atomic E-state index is 12.8. The largest absolute Gasteiger partial charge is 0.466 e. The zero-order valence-corrected chi connectivity index (χ0v) is 18.4. The van der Waals surface area contributed by atoms with Gasteiger partial charge in [0, 0.05) is 50.8 Å². The van der Waals surface area contributed by atoms with Crippen molar-refractivity contribution in [2.45, 2.75) is 19.4 Å². The minimum atomic E-state index is -0.559. The van der Waals surface area contributed by atoms with Gasteiger partial charge in [0.15, 0.2) is 0 Å². The molecule has 0 radical (unpaired) electrons. The molecule has 2 aliphatic heterocycles. The monoisotopic (exact) mass is 436 g/mol. The summed E-state index contributed by atoms with van der Waals surface area (Å²) in [5, 5.41) is 5.72. The average molecular weight is 437 g/mol.